The third-order valence-corrected chi connectivity index (χ3v) is 8.72. The molecule has 6 aromatic carbocycles. The van der Waals surface area contributed by atoms with Crippen molar-refractivity contribution in [1.82, 2.24) is 4.57 Å². The minimum absolute atomic E-state index is 0.642. The average molecular weight is 583 g/mol. The molecule has 5 heteroatoms. The van der Waals surface area contributed by atoms with Crippen molar-refractivity contribution in [2.75, 3.05) is 0 Å². The van der Waals surface area contributed by atoms with Gasteiger partial charge in [-0.2, -0.15) is 5.26 Å². The van der Waals surface area contributed by atoms with E-state index in [0.29, 0.717) is 5.56 Å². The molecule has 0 saturated heterocycles. The van der Waals surface area contributed by atoms with Gasteiger partial charge in [-0.05, 0) is 66.2 Å². The van der Waals surface area contributed by atoms with Crippen LogP contribution in [0.1, 0.15) is 19.4 Å². The molecule has 0 fully saturated rings. The largest absolute Gasteiger partial charge is 0.455 e. The van der Waals surface area contributed by atoms with E-state index in [4.69, 9.17) is 13.9 Å². The molecule has 45 heavy (non-hydrogen) atoms. The Kier molecular flexibility index (Phi) is 5.24. The van der Waals surface area contributed by atoms with Crippen LogP contribution < -0.4 is 9.47 Å². The molecule has 9 rings (SSSR count). The Hall–Kier alpha value is -5.99. The number of para-hydroxylation sites is 3. The lowest BCUT2D eigenvalue weighted by Crippen LogP contribution is -2.34. The summed E-state index contributed by atoms with van der Waals surface area (Å²) in [5.74, 6) is 0.594. The number of rotatable bonds is 2. The van der Waals surface area contributed by atoms with Crippen LogP contribution in [-0.2, 0) is 0 Å². The quantitative estimate of drug-likeness (QED) is 0.203. The zero-order chi connectivity index (χ0) is 30.3. The third kappa shape index (κ3) is 3.86. The maximum Gasteiger partial charge on any atom is 0.245 e. The number of nitrogens with zero attached hydrogens (tertiary/aromatic N) is 2. The highest BCUT2D eigenvalue weighted by atomic mass is 16.7. The van der Waals surface area contributed by atoms with Crippen LogP contribution in [0.4, 0.5) is 0 Å². The molecule has 0 spiro atoms. The number of benzene rings is 6. The lowest BCUT2D eigenvalue weighted by Gasteiger charge is -2.26. The molecule has 2 aromatic heterocycles. The first-order chi connectivity index (χ1) is 22.0. The number of aromatic nitrogens is 1. The van der Waals surface area contributed by atoms with Crippen molar-refractivity contribution in [3.05, 3.63) is 127 Å². The number of hydrogen-bond donors (Lipinski definition) is 0. The van der Waals surface area contributed by atoms with Gasteiger partial charge < -0.3 is 18.5 Å². The van der Waals surface area contributed by atoms with Crippen molar-refractivity contribution >= 4 is 43.7 Å². The van der Waals surface area contributed by atoms with Crippen LogP contribution in [0.15, 0.2) is 126 Å². The van der Waals surface area contributed by atoms with Gasteiger partial charge in [-0.25, -0.2) is 0 Å². The Bertz CT molecular complexity index is 2540. The van der Waals surface area contributed by atoms with E-state index in [1.807, 2.05) is 68.4 Å². The van der Waals surface area contributed by atoms with Gasteiger partial charge in [-0.15, -0.1) is 0 Å². The molecular weight excluding hydrogens is 556 g/mol. The smallest absolute Gasteiger partial charge is 0.245 e. The summed E-state index contributed by atoms with van der Waals surface area (Å²) < 4.78 is 21.6. The molecule has 1 aliphatic heterocycles. The Morgan fingerprint density at radius 1 is 0.600 bits per heavy atom. The summed E-state index contributed by atoms with van der Waals surface area (Å²) in [6.07, 6.45) is 0. The molecule has 5 nitrogen and oxygen atoms in total. The molecule has 0 radical (unpaired) electrons. The normalized spacial score (nSPS) is 13.6. The van der Waals surface area contributed by atoms with Gasteiger partial charge in [-0.3, -0.25) is 0 Å². The van der Waals surface area contributed by atoms with Crippen molar-refractivity contribution in [2.24, 2.45) is 0 Å². The SMILES string of the molecule is CC1(C)Oc2cc(-c3cccc4c3oc3ccccc34)ccc2-c2cc(-n3c4ccccc4c4cc(C#N)ccc43)ccc2O1. The monoisotopic (exact) mass is 582 g/mol. The van der Waals surface area contributed by atoms with Crippen LogP contribution in [-0.4, -0.2) is 10.4 Å². The lowest BCUT2D eigenvalue weighted by molar-refractivity contribution is -0.0778. The second-order valence-electron chi connectivity index (χ2n) is 12.0. The fourth-order valence-electron chi connectivity index (χ4n) is 6.80. The minimum Gasteiger partial charge on any atom is -0.455 e. The summed E-state index contributed by atoms with van der Waals surface area (Å²) in [5.41, 5.74) is 9.38. The van der Waals surface area contributed by atoms with Crippen molar-refractivity contribution in [2.45, 2.75) is 19.6 Å². The minimum atomic E-state index is -0.897. The van der Waals surface area contributed by atoms with Crippen LogP contribution >= 0.6 is 0 Å². The van der Waals surface area contributed by atoms with E-state index in [0.717, 1.165) is 83.2 Å². The topological polar surface area (TPSA) is 60.3 Å². The molecule has 0 N–H and O–H groups in total. The summed E-state index contributed by atoms with van der Waals surface area (Å²) >= 11 is 0. The van der Waals surface area contributed by atoms with Crippen LogP contribution in [0.2, 0.25) is 0 Å². The second kappa shape index (κ2) is 9.25. The Balaban J connectivity index is 1.24. The summed E-state index contributed by atoms with van der Waals surface area (Å²) in [4.78, 5) is 0. The number of hydrogen-bond acceptors (Lipinski definition) is 4. The molecule has 0 bridgehead atoms. The Morgan fingerprint density at radius 3 is 2.27 bits per heavy atom. The lowest BCUT2D eigenvalue weighted by atomic mass is 9.97. The molecule has 214 valence electrons. The van der Waals surface area contributed by atoms with Gasteiger partial charge in [0.1, 0.15) is 22.7 Å². The number of furan rings is 1. The van der Waals surface area contributed by atoms with E-state index in [1.165, 1.54) is 0 Å². The molecular formula is C40H26N2O3. The molecule has 0 saturated carbocycles. The van der Waals surface area contributed by atoms with E-state index >= 15 is 0 Å². The fourth-order valence-corrected chi connectivity index (χ4v) is 6.80. The van der Waals surface area contributed by atoms with Crippen LogP contribution in [0.3, 0.4) is 0 Å². The van der Waals surface area contributed by atoms with Crippen molar-refractivity contribution in [3.63, 3.8) is 0 Å². The van der Waals surface area contributed by atoms with Crippen LogP contribution in [0.5, 0.6) is 11.5 Å². The van der Waals surface area contributed by atoms with Gasteiger partial charge in [0, 0.05) is 57.8 Å². The maximum absolute atomic E-state index is 9.58. The van der Waals surface area contributed by atoms with E-state index in [9.17, 15) is 5.26 Å². The Labute approximate surface area is 259 Å². The first kappa shape index (κ1) is 25.5. The highest BCUT2D eigenvalue weighted by Gasteiger charge is 2.30. The first-order valence-corrected chi connectivity index (χ1v) is 15.0. The predicted octanol–water partition coefficient (Wildman–Crippen LogP) is 10.4. The summed E-state index contributed by atoms with van der Waals surface area (Å²) in [6.45, 7) is 3.87. The summed E-state index contributed by atoms with van der Waals surface area (Å²) in [6, 6.07) is 43.5. The van der Waals surface area contributed by atoms with Gasteiger partial charge in [0.2, 0.25) is 5.79 Å². The standard InChI is InChI=1S/C40H26N2O3/c1-40(2)44-37-19-16-26(42-34-12-5-3-8-28(34)32-20-24(23-41)14-18-35(32)42)22-33(37)30-17-15-25(21-38(30)45-40)27-10-7-11-31-29-9-4-6-13-36(29)43-39(27)31/h3-22H,1-2H3. The van der Waals surface area contributed by atoms with E-state index in [1.54, 1.807) is 0 Å². The summed E-state index contributed by atoms with van der Waals surface area (Å²) in [7, 11) is 0. The zero-order valence-electron chi connectivity index (χ0n) is 24.7. The molecule has 3 heterocycles. The highest BCUT2D eigenvalue weighted by molar-refractivity contribution is 6.10. The zero-order valence-corrected chi connectivity index (χ0v) is 24.7. The average Bonchev–Trinajstić information content (AvgIpc) is 3.57. The van der Waals surface area contributed by atoms with E-state index < -0.39 is 5.79 Å². The number of nitriles is 1. The van der Waals surface area contributed by atoms with Gasteiger partial charge in [0.15, 0.2) is 0 Å². The Morgan fingerprint density at radius 2 is 1.38 bits per heavy atom. The molecule has 0 amide bonds. The van der Waals surface area contributed by atoms with Gasteiger partial charge in [-0.1, -0.05) is 60.7 Å². The summed E-state index contributed by atoms with van der Waals surface area (Å²) in [5, 5.41) is 13.9. The fraction of sp³-hybridized carbons (Fsp3) is 0.0750. The van der Waals surface area contributed by atoms with Crippen molar-refractivity contribution < 1.29 is 13.9 Å². The van der Waals surface area contributed by atoms with E-state index in [2.05, 4.69) is 77.4 Å². The molecule has 8 aromatic rings. The highest BCUT2D eigenvalue weighted by Crippen LogP contribution is 2.46. The van der Waals surface area contributed by atoms with E-state index in [-0.39, 0.29) is 0 Å². The molecule has 1 aliphatic rings. The van der Waals surface area contributed by atoms with Gasteiger partial charge in [0.25, 0.3) is 0 Å². The first-order valence-electron chi connectivity index (χ1n) is 15.0. The molecule has 0 atom stereocenters. The number of ether oxygens (including phenoxy) is 2. The van der Waals surface area contributed by atoms with Crippen LogP contribution in [0, 0.1) is 11.3 Å². The van der Waals surface area contributed by atoms with Gasteiger partial charge in [0.05, 0.1) is 22.7 Å². The third-order valence-electron chi connectivity index (χ3n) is 8.72. The molecule has 0 unspecified atom stereocenters. The van der Waals surface area contributed by atoms with Crippen molar-refractivity contribution in [1.29, 1.82) is 5.26 Å². The van der Waals surface area contributed by atoms with Crippen molar-refractivity contribution in [3.8, 4) is 45.5 Å². The molecule has 0 aliphatic carbocycles. The second-order valence-corrected chi connectivity index (χ2v) is 12.0. The van der Waals surface area contributed by atoms with Gasteiger partial charge >= 0.3 is 0 Å². The maximum atomic E-state index is 9.58. The van der Waals surface area contributed by atoms with Crippen LogP contribution in [0.25, 0.3) is 71.7 Å². The number of fused-ring (bicyclic) bond motifs is 9. The predicted molar refractivity (Wildman–Crippen MR) is 179 cm³/mol.